The van der Waals surface area contributed by atoms with Gasteiger partial charge in [-0.05, 0) is 25.3 Å². The van der Waals surface area contributed by atoms with E-state index in [0.29, 0.717) is 0 Å². The molecular formula is C13H22O2. The number of ether oxygens (including phenoxy) is 1. The molecule has 0 amide bonds. The maximum absolute atomic E-state index is 9.35. The monoisotopic (exact) mass is 210 g/mol. The molecule has 1 N–H and O–H groups in total. The molecule has 0 saturated heterocycles. The summed E-state index contributed by atoms with van der Waals surface area (Å²) >= 11 is 0. The Morgan fingerprint density at radius 1 is 1.53 bits per heavy atom. The van der Waals surface area contributed by atoms with Crippen LogP contribution >= 0.6 is 0 Å². The molecule has 2 nitrogen and oxygen atoms in total. The van der Waals surface area contributed by atoms with Crippen LogP contribution < -0.4 is 0 Å². The molecule has 0 aromatic rings. The Labute approximate surface area is 92.6 Å². The standard InChI is InChI=1S/C13H22O2/c1-3-4-5-10-15-13-8-6-12(7-9-13)11(2)14/h6-8,11,13-14H,3-5,9-10H2,1-2H3. The number of aliphatic hydroxyl groups excluding tert-OH is 1. The molecule has 1 aliphatic rings. The Bertz CT molecular complexity index is 229. The molecule has 0 heterocycles. The maximum atomic E-state index is 9.35. The van der Waals surface area contributed by atoms with E-state index in [0.717, 1.165) is 25.0 Å². The summed E-state index contributed by atoms with van der Waals surface area (Å²) < 4.78 is 5.70. The first-order valence-corrected chi connectivity index (χ1v) is 5.92. The van der Waals surface area contributed by atoms with Crippen molar-refractivity contribution >= 4 is 0 Å². The Hall–Kier alpha value is -0.600. The van der Waals surface area contributed by atoms with E-state index in [1.54, 1.807) is 6.92 Å². The fourth-order valence-electron chi connectivity index (χ4n) is 1.64. The van der Waals surface area contributed by atoms with Gasteiger partial charge < -0.3 is 9.84 Å². The van der Waals surface area contributed by atoms with E-state index in [2.05, 4.69) is 13.0 Å². The third kappa shape index (κ3) is 4.63. The first kappa shape index (κ1) is 12.5. The highest BCUT2D eigenvalue weighted by Gasteiger charge is 2.10. The summed E-state index contributed by atoms with van der Waals surface area (Å²) in [6, 6.07) is 0. The zero-order valence-electron chi connectivity index (χ0n) is 9.78. The Balaban J connectivity index is 2.18. The molecule has 0 fully saturated rings. The lowest BCUT2D eigenvalue weighted by Crippen LogP contribution is -2.15. The summed E-state index contributed by atoms with van der Waals surface area (Å²) in [4.78, 5) is 0. The second kappa shape index (κ2) is 6.81. The molecule has 2 unspecified atom stereocenters. The van der Waals surface area contributed by atoms with Crippen molar-refractivity contribution in [1.82, 2.24) is 0 Å². The van der Waals surface area contributed by atoms with Crippen molar-refractivity contribution in [3.63, 3.8) is 0 Å². The van der Waals surface area contributed by atoms with E-state index in [-0.39, 0.29) is 12.2 Å². The van der Waals surface area contributed by atoms with E-state index < -0.39 is 0 Å². The van der Waals surface area contributed by atoms with Gasteiger partial charge in [-0.15, -0.1) is 0 Å². The number of rotatable bonds is 6. The van der Waals surface area contributed by atoms with Gasteiger partial charge in [0.05, 0.1) is 12.2 Å². The molecule has 86 valence electrons. The minimum Gasteiger partial charge on any atom is -0.389 e. The topological polar surface area (TPSA) is 29.5 Å². The van der Waals surface area contributed by atoms with Gasteiger partial charge in [-0.25, -0.2) is 0 Å². The predicted octanol–water partition coefficient (Wildman–Crippen LogP) is 2.83. The van der Waals surface area contributed by atoms with Crippen LogP contribution in [0.25, 0.3) is 0 Å². The van der Waals surface area contributed by atoms with Crippen molar-refractivity contribution in [3.8, 4) is 0 Å². The largest absolute Gasteiger partial charge is 0.389 e. The summed E-state index contributed by atoms with van der Waals surface area (Å²) in [6.07, 6.45) is 10.5. The summed E-state index contributed by atoms with van der Waals surface area (Å²) in [7, 11) is 0. The minimum atomic E-state index is -0.359. The molecule has 2 heteroatoms. The fourth-order valence-corrected chi connectivity index (χ4v) is 1.64. The van der Waals surface area contributed by atoms with Gasteiger partial charge in [0.1, 0.15) is 0 Å². The van der Waals surface area contributed by atoms with Gasteiger partial charge in [0.25, 0.3) is 0 Å². The van der Waals surface area contributed by atoms with Gasteiger partial charge in [-0.3, -0.25) is 0 Å². The highest BCUT2D eigenvalue weighted by Crippen LogP contribution is 2.16. The molecule has 1 aliphatic carbocycles. The second-order valence-electron chi connectivity index (χ2n) is 4.09. The summed E-state index contributed by atoms with van der Waals surface area (Å²) in [5, 5.41) is 9.35. The number of hydrogen-bond donors (Lipinski definition) is 1. The SMILES string of the molecule is CCCCCOC1C=CC(C(C)O)=CC1. The zero-order valence-corrected chi connectivity index (χ0v) is 9.78. The Morgan fingerprint density at radius 3 is 2.87 bits per heavy atom. The first-order chi connectivity index (χ1) is 7.24. The predicted molar refractivity (Wildman–Crippen MR) is 62.8 cm³/mol. The lowest BCUT2D eigenvalue weighted by molar-refractivity contribution is 0.0825. The molecule has 0 bridgehead atoms. The van der Waals surface area contributed by atoms with Gasteiger partial charge in [0.15, 0.2) is 0 Å². The van der Waals surface area contributed by atoms with E-state index in [1.807, 2.05) is 12.2 Å². The van der Waals surface area contributed by atoms with E-state index in [1.165, 1.54) is 12.8 Å². The van der Waals surface area contributed by atoms with Crippen molar-refractivity contribution in [2.45, 2.75) is 51.7 Å². The second-order valence-corrected chi connectivity index (χ2v) is 4.09. The molecular weight excluding hydrogens is 188 g/mol. The van der Waals surface area contributed by atoms with Crippen LogP contribution in [-0.2, 0) is 4.74 Å². The maximum Gasteiger partial charge on any atom is 0.0793 e. The molecule has 0 aromatic heterocycles. The van der Waals surface area contributed by atoms with Gasteiger partial charge in [-0.2, -0.15) is 0 Å². The van der Waals surface area contributed by atoms with Crippen molar-refractivity contribution in [1.29, 1.82) is 0 Å². The van der Waals surface area contributed by atoms with Crippen molar-refractivity contribution < 1.29 is 9.84 Å². The van der Waals surface area contributed by atoms with Crippen LogP contribution in [0.5, 0.6) is 0 Å². The van der Waals surface area contributed by atoms with Gasteiger partial charge >= 0.3 is 0 Å². The highest BCUT2D eigenvalue weighted by atomic mass is 16.5. The number of hydrogen-bond acceptors (Lipinski definition) is 2. The normalized spacial score (nSPS) is 22.6. The highest BCUT2D eigenvalue weighted by molar-refractivity contribution is 5.27. The van der Waals surface area contributed by atoms with Gasteiger partial charge in [-0.1, -0.05) is 38.0 Å². The van der Waals surface area contributed by atoms with E-state index in [4.69, 9.17) is 4.74 Å². The Kier molecular flexibility index (Phi) is 5.66. The van der Waals surface area contributed by atoms with Crippen LogP contribution in [0.4, 0.5) is 0 Å². The lowest BCUT2D eigenvalue weighted by atomic mass is 10.0. The summed E-state index contributed by atoms with van der Waals surface area (Å²) in [6.45, 7) is 4.83. The van der Waals surface area contributed by atoms with Gasteiger partial charge in [0.2, 0.25) is 0 Å². The molecule has 1 rings (SSSR count). The van der Waals surface area contributed by atoms with Crippen LogP contribution in [0.2, 0.25) is 0 Å². The fraction of sp³-hybridized carbons (Fsp3) is 0.692. The molecule has 0 saturated carbocycles. The molecule has 0 radical (unpaired) electrons. The van der Waals surface area contributed by atoms with Gasteiger partial charge in [0, 0.05) is 6.61 Å². The number of aliphatic hydroxyl groups is 1. The number of unbranched alkanes of at least 4 members (excludes halogenated alkanes) is 2. The molecule has 15 heavy (non-hydrogen) atoms. The van der Waals surface area contributed by atoms with Crippen molar-refractivity contribution in [2.24, 2.45) is 0 Å². The third-order valence-electron chi connectivity index (χ3n) is 2.65. The van der Waals surface area contributed by atoms with Crippen LogP contribution in [0, 0.1) is 0 Å². The average molecular weight is 210 g/mol. The van der Waals surface area contributed by atoms with Crippen molar-refractivity contribution in [3.05, 3.63) is 23.8 Å². The Morgan fingerprint density at radius 2 is 2.33 bits per heavy atom. The lowest BCUT2D eigenvalue weighted by Gasteiger charge is -2.18. The quantitative estimate of drug-likeness (QED) is 0.683. The molecule has 0 aliphatic heterocycles. The van der Waals surface area contributed by atoms with E-state index >= 15 is 0 Å². The van der Waals surface area contributed by atoms with E-state index in [9.17, 15) is 5.11 Å². The minimum absolute atomic E-state index is 0.212. The third-order valence-corrected chi connectivity index (χ3v) is 2.65. The zero-order chi connectivity index (χ0) is 11.1. The molecule has 0 aromatic carbocycles. The van der Waals surface area contributed by atoms with Crippen molar-refractivity contribution in [2.75, 3.05) is 6.61 Å². The van der Waals surface area contributed by atoms with Crippen LogP contribution in [0.1, 0.15) is 39.5 Å². The molecule has 0 spiro atoms. The van der Waals surface area contributed by atoms with Crippen LogP contribution in [-0.4, -0.2) is 23.9 Å². The average Bonchev–Trinajstić information content (AvgIpc) is 2.25. The van der Waals surface area contributed by atoms with Crippen LogP contribution in [0.3, 0.4) is 0 Å². The van der Waals surface area contributed by atoms with Crippen LogP contribution in [0.15, 0.2) is 23.8 Å². The smallest absolute Gasteiger partial charge is 0.0793 e. The summed E-state index contributed by atoms with van der Waals surface area (Å²) in [5.41, 5.74) is 1.00. The first-order valence-electron chi connectivity index (χ1n) is 5.92. The molecule has 2 atom stereocenters. The summed E-state index contributed by atoms with van der Waals surface area (Å²) in [5.74, 6) is 0.